The van der Waals surface area contributed by atoms with E-state index >= 15 is 0 Å². The fourth-order valence-corrected chi connectivity index (χ4v) is 2.33. The maximum Gasteiger partial charge on any atom is 0.273 e. The van der Waals surface area contributed by atoms with Crippen molar-refractivity contribution in [2.24, 2.45) is 0 Å². The fourth-order valence-electron chi connectivity index (χ4n) is 1.84. The molecule has 0 radical (unpaired) electrons. The van der Waals surface area contributed by atoms with E-state index < -0.39 is 4.92 Å². The highest BCUT2D eigenvalue weighted by atomic mass is 79.9. The average Bonchev–Trinajstić information content (AvgIpc) is 2.41. The van der Waals surface area contributed by atoms with Crippen molar-refractivity contribution >= 4 is 21.6 Å². The number of rotatable bonds is 5. The molecule has 2 rings (SSSR count). The van der Waals surface area contributed by atoms with Gasteiger partial charge >= 0.3 is 0 Å². The third kappa shape index (κ3) is 3.61. The van der Waals surface area contributed by atoms with Gasteiger partial charge < -0.3 is 5.32 Å². The second kappa shape index (κ2) is 6.58. The zero-order valence-corrected chi connectivity index (χ0v) is 12.1. The molecule has 6 heteroatoms. The van der Waals surface area contributed by atoms with E-state index in [9.17, 15) is 14.5 Å². The van der Waals surface area contributed by atoms with Crippen molar-refractivity contribution in [1.29, 1.82) is 0 Å². The summed E-state index contributed by atoms with van der Waals surface area (Å²) in [5.41, 5.74) is 1.61. The molecule has 104 valence electrons. The van der Waals surface area contributed by atoms with Gasteiger partial charge in [0.2, 0.25) is 0 Å². The Balaban J connectivity index is 2.01. The molecule has 0 aliphatic heterocycles. The average molecular weight is 339 g/mol. The molecule has 0 saturated heterocycles. The molecule has 0 spiro atoms. The smallest absolute Gasteiger partial charge is 0.273 e. The summed E-state index contributed by atoms with van der Waals surface area (Å²) in [5, 5.41) is 14.0. The number of nitro groups is 1. The topological polar surface area (TPSA) is 55.2 Å². The Hall–Kier alpha value is -1.79. The number of nitrogens with zero attached hydrogens (tertiary/aromatic N) is 1. The summed E-state index contributed by atoms with van der Waals surface area (Å²) in [6.07, 6.45) is 0. The van der Waals surface area contributed by atoms with Gasteiger partial charge in [0.1, 0.15) is 5.82 Å². The van der Waals surface area contributed by atoms with Crippen LogP contribution < -0.4 is 5.32 Å². The summed E-state index contributed by atoms with van der Waals surface area (Å²) in [6, 6.07) is 11.0. The third-order valence-electron chi connectivity index (χ3n) is 2.83. The number of halogens is 2. The maximum absolute atomic E-state index is 13.0. The molecule has 2 aromatic carbocycles. The molecule has 0 bridgehead atoms. The van der Waals surface area contributed by atoms with Crippen LogP contribution in [0.3, 0.4) is 0 Å². The number of benzene rings is 2. The molecule has 0 aliphatic rings. The van der Waals surface area contributed by atoms with Crippen LogP contribution in [0.2, 0.25) is 0 Å². The van der Waals surface area contributed by atoms with E-state index in [4.69, 9.17) is 0 Å². The van der Waals surface area contributed by atoms with E-state index in [1.807, 2.05) is 0 Å². The number of hydrogen-bond donors (Lipinski definition) is 1. The Morgan fingerprint density at radius 1 is 1.15 bits per heavy atom. The van der Waals surface area contributed by atoms with Crippen LogP contribution >= 0.6 is 15.9 Å². The lowest BCUT2D eigenvalue weighted by molar-refractivity contribution is -0.385. The predicted octanol–water partition coefficient (Wildman–Crippen LogP) is 3.79. The van der Waals surface area contributed by atoms with E-state index in [1.54, 1.807) is 24.3 Å². The normalized spacial score (nSPS) is 10.5. The van der Waals surface area contributed by atoms with Gasteiger partial charge in [-0.3, -0.25) is 10.1 Å². The van der Waals surface area contributed by atoms with Gasteiger partial charge in [-0.1, -0.05) is 40.2 Å². The van der Waals surface area contributed by atoms with Gasteiger partial charge in [-0.05, 0) is 17.7 Å². The number of para-hydroxylation sites is 1. The molecule has 0 atom stereocenters. The van der Waals surface area contributed by atoms with Gasteiger partial charge in [0.25, 0.3) is 5.69 Å². The third-order valence-corrected chi connectivity index (χ3v) is 3.57. The minimum atomic E-state index is -0.398. The van der Waals surface area contributed by atoms with Gasteiger partial charge in [-0.25, -0.2) is 4.39 Å². The van der Waals surface area contributed by atoms with E-state index in [0.29, 0.717) is 23.1 Å². The van der Waals surface area contributed by atoms with E-state index in [1.165, 1.54) is 18.2 Å². The van der Waals surface area contributed by atoms with Crippen molar-refractivity contribution in [3.05, 3.63) is 74.0 Å². The summed E-state index contributed by atoms with van der Waals surface area (Å²) in [5.74, 6) is -0.306. The Bertz CT molecular complexity index is 634. The summed E-state index contributed by atoms with van der Waals surface area (Å²) in [6.45, 7) is 0.869. The lowest BCUT2D eigenvalue weighted by Gasteiger charge is -2.07. The van der Waals surface area contributed by atoms with Crippen LogP contribution in [0.15, 0.2) is 46.9 Å². The Kier molecular flexibility index (Phi) is 4.81. The first-order valence-electron chi connectivity index (χ1n) is 5.95. The highest BCUT2D eigenvalue weighted by Crippen LogP contribution is 2.19. The van der Waals surface area contributed by atoms with Crippen molar-refractivity contribution < 1.29 is 9.31 Å². The van der Waals surface area contributed by atoms with E-state index in [2.05, 4.69) is 21.2 Å². The summed E-state index contributed by atoms with van der Waals surface area (Å²) in [4.78, 5) is 10.5. The van der Waals surface area contributed by atoms with Crippen LogP contribution in [-0.4, -0.2) is 4.92 Å². The predicted molar refractivity (Wildman–Crippen MR) is 77.7 cm³/mol. The van der Waals surface area contributed by atoms with Crippen LogP contribution in [0, 0.1) is 15.9 Å². The lowest BCUT2D eigenvalue weighted by Crippen LogP contribution is -2.14. The SMILES string of the molecule is O=[N+]([O-])c1ccccc1CNCc1ccc(F)cc1Br. The van der Waals surface area contributed by atoms with Gasteiger partial charge in [0.05, 0.1) is 4.92 Å². The van der Waals surface area contributed by atoms with Crippen molar-refractivity contribution in [2.45, 2.75) is 13.1 Å². The summed E-state index contributed by atoms with van der Waals surface area (Å²) < 4.78 is 13.6. The van der Waals surface area contributed by atoms with E-state index in [-0.39, 0.29) is 11.5 Å². The molecule has 20 heavy (non-hydrogen) atoms. The molecule has 1 N–H and O–H groups in total. The molecule has 0 saturated carbocycles. The molecule has 2 aromatic rings. The van der Waals surface area contributed by atoms with Gasteiger partial charge in [0, 0.05) is 29.2 Å². The van der Waals surface area contributed by atoms with Crippen LogP contribution in [0.1, 0.15) is 11.1 Å². The summed E-state index contributed by atoms with van der Waals surface area (Å²) >= 11 is 3.28. The van der Waals surface area contributed by atoms with E-state index in [0.717, 1.165) is 5.56 Å². The number of nitro benzene ring substituents is 1. The molecule has 0 fully saturated rings. The van der Waals surface area contributed by atoms with Gasteiger partial charge in [-0.2, -0.15) is 0 Å². The molecule has 0 aliphatic carbocycles. The van der Waals surface area contributed by atoms with Crippen molar-refractivity contribution in [2.75, 3.05) is 0 Å². The fraction of sp³-hybridized carbons (Fsp3) is 0.143. The molecular formula is C14H12BrFN2O2. The monoisotopic (exact) mass is 338 g/mol. The first-order chi connectivity index (χ1) is 9.58. The zero-order valence-electron chi connectivity index (χ0n) is 10.5. The van der Waals surface area contributed by atoms with Gasteiger partial charge in [0.15, 0.2) is 0 Å². The first kappa shape index (κ1) is 14.6. The Morgan fingerprint density at radius 2 is 1.85 bits per heavy atom. The molecule has 4 nitrogen and oxygen atoms in total. The summed E-state index contributed by atoms with van der Waals surface area (Å²) in [7, 11) is 0. The lowest BCUT2D eigenvalue weighted by atomic mass is 10.1. The quantitative estimate of drug-likeness (QED) is 0.666. The van der Waals surface area contributed by atoms with Crippen LogP contribution in [0.4, 0.5) is 10.1 Å². The van der Waals surface area contributed by atoms with Crippen LogP contribution in [-0.2, 0) is 13.1 Å². The molecule has 0 unspecified atom stereocenters. The number of hydrogen-bond acceptors (Lipinski definition) is 3. The highest BCUT2D eigenvalue weighted by molar-refractivity contribution is 9.10. The second-order valence-corrected chi connectivity index (χ2v) is 5.08. The van der Waals surface area contributed by atoms with Crippen molar-refractivity contribution in [3.8, 4) is 0 Å². The van der Waals surface area contributed by atoms with Crippen LogP contribution in [0.25, 0.3) is 0 Å². The standard InChI is InChI=1S/C14H12BrFN2O2/c15-13-7-12(16)6-5-10(13)8-17-9-11-3-1-2-4-14(11)18(19)20/h1-7,17H,8-9H2. The second-order valence-electron chi connectivity index (χ2n) is 4.23. The molecule has 0 aromatic heterocycles. The molecular weight excluding hydrogens is 327 g/mol. The van der Waals surface area contributed by atoms with Crippen molar-refractivity contribution in [1.82, 2.24) is 5.32 Å². The largest absolute Gasteiger partial charge is 0.308 e. The van der Waals surface area contributed by atoms with Crippen molar-refractivity contribution in [3.63, 3.8) is 0 Å². The molecule has 0 heterocycles. The highest BCUT2D eigenvalue weighted by Gasteiger charge is 2.11. The zero-order chi connectivity index (χ0) is 14.5. The minimum Gasteiger partial charge on any atom is -0.308 e. The first-order valence-corrected chi connectivity index (χ1v) is 6.74. The Morgan fingerprint density at radius 3 is 2.55 bits per heavy atom. The van der Waals surface area contributed by atoms with Gasteiger partial charge in [-0.15, -0.1) is 0 Å². The molecule has 0 amide bonds. The Labute approximate surface area is 123 Å². The number of nitrogens with one attached hydrogen (secondary N) is 1. The minimum absolute atomic E-state index is 0.0955. The maximum atomic E-state index is 13.0. The van der Waals surface area contributed by atoms with Crippen LogP contribution in [0.5, 0.6) is 0 Å².